The van der Waals surface area contributed by atoms with E-state index < -0.39 is 24.9 Å². The standard InChI is InChI=1S/C15H17FN2O4/c1-20-13(11(17)6-16)9-4-2-8(3-5-9)12-10-7-21-15(19)14(10)22-18-12/h2-5,10-11,13-14H,6-7,17H2,1H3. The van der Waals surface area contributed by atoms with Crippen molar-refractivity contribution in [2.24, 2.45) is 16.8 Å². The molecule has 2 N–H and O–H groups in total. The normalized spacial score (nSPS) is 26.0. The largest absolute Gasteiger partial charge is 0.462 e. The molecule has 0 aromatic heterocycles. The van der Waals surface area contributed by atoms with Crippen LogP contribution in [0.2, 0.25) is 0 Å². The number of nitrogens with two attached hydrogens (primary N) is 1. The van der Waals surface area contributed by atoms with Gasteiger partial charge in [0, 0.05) is 7.11 Å². The van der Waals surface area contributed by atoms with Crippen molar-refractivity contribution in [2.75, 3.05) is 20.4 Å². The molecule has 1 saturated heterocycles. The highest BCUT2D eigenvalue weighted by Gasteiger charge is 2.46. The van der Waals surface area contributed by atoms with Gasteiger partial charge in [0.15, 0.2) is 0 Å². The molecule has 1 aromatic rings. The number of alkyl halides is 1. The Hall–Kier alpha value is -1.99. The Morgan fingerprint density at radius 2 is 2.18 bits per heavy atom. The quantitative estimate of drug-likeness (QED) is 0.819. The zero-order chi connectivity index (χ0) is 15.7. The van der Waals surface area contributed by atoms with Crippen LogP contribution in [0, 0.1) is 5.92 Å². The summed E-state index contributed by atoms with van der Waals surface area (Å²) in [4.78, 5) is 16.6. The molecule has 0 radical (unpaired) electrons. The Kier molecular flexibility index (Phi) is 4.08. The maximum atomic E-state index is 12.7. The Balaban J connectivity index is 1.79. The predicted molar refractivity (Wildman–Crippen MR) is 76.0 cm³/mol. The SMILES string of the molecule is COC(c1ccc(C2=NOC3C(=O)OCC23)cc1)C(N)CF. The van der Waals surface area contributed by atoms with Crippen molar-refractivity contribution in [1.29, 1.82) is 0 Å². The van der Waals surface area contributed by atoms with Gasteiger partial charge in [-0.3, -0.25) is 0 Å². The molecule has 2 aliphatic heterocycles. The summed E-state index contributed by atoms with van der Waals surface area (Å²) in [5, 5.41) is 3.99. The highest BCUT2D eigenvalue weighted by Crippen LogP contribution is 2.30. The van der Waals surface area contributed by atoms with Crippen molar-refractivity contribution >= 4 is 11.7 Å². The van der Waals surface area contributed by atoms with E-state index in [0.717, 1.165) is 11.1 Å². The Bertz CT molecular complexity index is 590. The van der Waals surface area contributed by atoms with Crippen molar-refractivity contribution in [3.63, 3.8) is 0 Å². The number of halogens is 1. The number of ether oxygens (including phenoxy) is 2. The molecule has 4 unspecified atom stereocenters. The monoisotopic (exact) mass is 308 g/mol. The van der Waals surface area contributed by atoms with Crippen LogP contribution in [0.15, 0.2) is 29.4 Å². The van der Waals surface area contributed by atoms with Crippen LogP contribution in [0.5, 0.6) is 0 Å². The number of hydrogen-bond donors (Lipinski definition) is 1. The van der Waals surface area contributed by atoms with Gasteiger partial charge < -0.3 is 20.0 Å². The molecule has 2 heterocycles. The Morgan fingerprint density at radius 1 is 1.45 bits per heavy atom. The van der Waals surface area contributed by atoms with E-state index in [1.54, 1.807) is 0 Å². The van der Waals surface area contributed by atoms with Crippen molar-refractivity contribution in [2.45, 2.75) is 18.2 Å². The first-order chi connectivity index (χ1) is 10.7. The molecule has 0 aliphatic carbocycles. The lowest BCUT2D eigenvalue weighted by Gasteiger charge is -2.20. The molecule has 22 heavy (non-hydrogen) atoms. The van der Waals surface area contributed by atoms with Crippen molar-refractivity contribution in [1.82, 2.24) is 0 Å². The van der Waals surface area contributed by atoms with E-state index in [2.05, 4.69) is 5.16 Å². The summed E-state index contributed by atoms with van der Waals surface area (Å²) in [7, 11) is 1.50. The van der Waals surface area contributed by atoms with Crippen LogP contribution in [0.3, 0.4) is 0 Å². The van der Waals surface area contributed by atoms with Gasteiger partial charge in [-0.1, -0.05) is 29.4 Å². The lowest BCUT2D eigenvalue weighted by atomic mass is 9.93. The van der Waals surface area contributed by atoms with Crippen LogP contribution in [0.25, 0.3) is 0 Å². The molecular formula is C15H17FN2O4. The highest BCUT2D eigenvalue weighted by atomic mass is 19.1. The summed E-state index contributed by atoms with van der Waals surface area (Å²) in [6, 6.07) is 6.58. The summed E-state index contributed by atoms with van der Waals surface area (Å²) in [6.07, 6.45) is -1.15. The average molecular weight is 308 g/mol. The lowest BCUT2D eigenvalue weighted by molar-refractivity contribution is -0.146. The fraction of sp³-hybridized carbons (Fsp3) is 0.467. The first kappa shape index (κ1) is 14.9. The second-order valence-electron chi connectivity index (χ2n) is 5.34. The van der Waals surface area contributed by atoms with Crippen LogP contribution in [0.4, 0.5) is 4.39 Å². The van der Waals surface area contributed by atoms with Gasteiger partial charge in [0.1, 0.15) is 13.3 Å². The van der Waals surface area contributed by atoms with E-state index in [9.17, 15) is 9.18 Å². The lowest BCUT2D eigenvalue weighted by Crippen LogP contribution is -2.31. The molecule has 0 saturated carbocycles. The van der Waals surface area contributed by atoms with Gasteiger partial charge in [-0.25, -0.2) is 9.18 Å². The predicted octanol–water partition coefficient (Wildman–Crippen LogP) is 0.947. The van der Waals surface area contributed by atoms with Crippen molar-refractivity contribution < 1.29 is 23.5 Å². The highest BCUT2D eigenvalue weighted by molar-refractivity contribution is 6.06. The van der Waals surface area contributed by atoms with Crippen LogP contribution in [-0.4, -0.2) is 44.2 Å². The third-order valence-electron chi connectivity index (χ3n) is 3.97. The van der Waals surface area contributed by atoms with E-state index in [1.165, 1.54) is 7.11 Å². The van der Waals surface area contributed by atoms with Gasteiger partial charge in [0.05, 0.1) is 23.8 Å². The molecule has 3 rings (SSSR count). The molecule has 0 amide bonds. The Morgan fingerprint density at radius 3 is 2.82 bits per heavy atom. The fourth-order valence-corrected chi connectivity index (χ4v) is 2.78. The third kappa shape index (κ3) is 2.46. The zero-order valence-corrected chi connectivity index (χ0v) is 12.1. The second kappa shape index (κ2) is 6.02. The van der Waals surface area contributed by atoms with Crippen LogP contribution in [0.1, 0.15) is 17.2 Å². The number of rotatable bonds is 5. The first-order valence-corrected chi connectivity index (χ1v) is 7.00. The molecule has 1 aromatic carbocycles. The fourth-order valence-electron chi connectivity index (χ4n) is 2.78. The summed E-state index contributed by atoms with van der Waals surface area (Å²) in [5.74, 6) is -0.557. The number of carbonyl (C=O) groups is 1. The van der Waals surface area contributed by atoms with E-state index in [-0.39, 0.29) is 18.5 Å². The van der Waals surface area contributed by atoms with Gasteiger partial charge in [-0.15, -0.1) is 0 Å². The molecule has 6 nitrogen and oxygen atoms in total. The minimum atomic E-state index is -0.715. The van der Waals surface area contributed by atoms with Crippen LogP contribution < -0.4 is 5.73 Å². The number of hydrogen-bond acceptors (Lipinski definition) is 6. The van der Waals surface area contributed by atoms with E-state index in [1.807, 2.05) is 24.3 Å². The second-order valence-corrected chi connectivity index (χ2v) is 5.34. The van der Waals surface area contributed by atoms with Gasteiger partial charge in [-0.05, 0) is 11.1 Å². The summed E-state index contributed by atoms with van der Waals surface area (Å²) in [6.45, 7) is -0.387. The number of nitrogens with zero attached hydrogens (tertiary/aromatic N) is 1. The summed E-state index contributed by atoms with van der Waals surface area (Å²) >= 11 is 0. The van der Waals surface area contributed by atoms with Gasteiger partial charge in [0.2, 0.25) is 6.10 Å². The minimum absolute atomic E-state index is 0.176. The number of esters is 1. The number of cyclic esters (lactones) is 1. The molecule has 4 atom stereocenters. The summed E-state index contributed by atoms with van der Waals surface area (Å²) in [5.41, 5.74) is 8.01. The maximum Gasteiger partial charge on any atom is 0.351 e. The molecule has 118 valence electrons. The summed E-state index contributed by atoms with van der Waals surface area (Å²) < 4.78 is 23.0. The van der Waals surface area contributed by atoms with Gasteiger partial charge in [-0.2, -0.15) is 0 Å². The average Bonchev–Trinajstić information content (AvgIpc) is 3.12. The van der Waals surface area contributed by atoms with Crippen molar-refractivity contribution in [3.8, 4) is 0 Å². The van der Waals surface area contributed by atoms with E-state index in [0.29, 0.717) is 5.71 Å². The molecular weight excluding hydrogens is 291 g/mol. The number of methoxy groups -OCH3 is 1. The Labute approximate surface area is 127 Å². The van der Waals surface area contributed by atoms with Crippen LogP contribution in [-0.2, 0) is 19.1 Å². The van der Waals surface area contributed by atoms with Crippen LogP contribution >= 0.6 is 0 Å². The molecule has 0 spiro atoms. The smallest absolute Gasteiger partial charge is 0.351 e. The number of benzene rings is 1. The first-order valence-electron chi connectivity index (χ1n) is 7.00. The van der Waals surface area contributed by atoms with E-state index in [4.69, 9.17) is 20.0 Å². The number of oxime groups is 1. The van der Waals surface area contributed by atoms with Crippen molar-refractivity contribution in [3.05, 3.63) is 35.4 Å². The van der Waals surface area contributed by atoms with Gasteiger partial charge >= 0.3 is 5.97 Å². The molecule has 2 aliphatic rings. The van der Waals surface area contributed by atoms with Gasteiger partial charge in [0.25, 0.3) is 0 Å². The molecule has 1 fully saturated rings. The molecule has 7 heteroatoms. The zero-order valence-electron chi connectivity index (χ0n) is 12.1. The van der Waals surface area contributed by atoms with E-state index >= 15 is 0 Å². The third-order valence-corrected chi connectivity index (χ3v) is 3.97. The maximum absolute atomic E-state index is 12.7. The number of fused-ring (bicyclic) bond motifs is 1. The minimum Gasteiger partial charge on any atom is -0.462 e. The molecule has 0 bridgehead atoms. The topological polar surface area (TPSA) is 83.1 Å². The number of carbonyl (C=O) groups excluding carboxylic acids is 1.